The first-order valence-corrected chi connectivity index (χ1v) is 16.8. The number of ether oxygens (including phenoxy) is 4. The van der Waals surface area contributed by atoms with E-state index in [0.717, 1.165) is 16.7 Å². The van der Waals surface area contributed by atoms with E-state index in [0.29, 0.717) is 22.2 Å². The number of anilines is 3. The minimum Gasteiger partial charge on any atom is -0.462 e. The van der Waals surface area contributed by atoms with Crippen LogP contribution in [0, 0.1) is 12.8 Å². The zero-order valence-corrected chi connectivity index (χ0v) is 29.9. The molecule has 0 unspecified atom stereocenters. The Hall–Kier alpha value is -3.61. The Morgan fingerprint density at radius 3 is 2.61 bits per heavy atom. The molecule has 2 saturated heterocycles. The maximum Gasteiger partial charge on any atom is 0.412 e. The van der Waals surface area contributed by atoms with Crippen LogP contribution >= 0.6 is 23.2 Å². The van der Waals surface area contributed by atoms with Gasteiger partial charge in [0, 0.05) is 31.5 Å². The van der Waals surface area contributed by atoms with Crippen molar-refractivity contribution in [1.29, 1.82) is 0 Å². The second-order valence-corrected chi connectivity index (χ2v) is 14.3. The largest absolute Gasteiger partial charge is 0.462 e. The topological polar surface area (TPSA) is 153 Å². The van der Waals surface area contributed by atoms with Gasteiger partial charge in [-0.05, 0) is 62.6 Å². The van der Waals surface area contributed by atoms with Crippen molar-refractivity contribution in [3.05, 3.63) is 75.3 Å². The predicted molar refractivity (Wildman–Crippen MR) is 188 cm³/mol. The average Bonchev–Trinajstić information content (AvgIpc) is 3.72. The summed E-state index contributed by atoms with van der Waals surface area (Å²) >= 11 is 12.8. The highest BCUT2D eigenvalue weighted by Crippen LogP contribution is 2.49. The molecule has 3 aliphatic rings. The van der Waals surface area contributed by atoms with Crippen LogP contribution in [0.5, 0.6) is 0 Å². The number of fused-ring (bicyclic) bond motifs is 5. The van der Waals surface area contributed by atoms with Crippen LogP contribution in [-0.2, 0) is 35.0 Å². The third kappa shape index (κ3) is 7.91. The quantitative estimate of drug-likeness (QED) is 0.193. The number of halogens is 2. The van der Waals surface area contributed by atoms with E-state index in [1.54, 1.807) is 38.3 Å². The molecule has 13 heteroatoms. The van der Waals surface area contributed by atoms with E-state index >= 15 is 0 Å². The van der Waals surface area contributed by atoms with Gasteiger partial charge in [-0.25, -0.2) is 4.79 Å². The number of esters is 1. The van der Waals surface area contributed by atoms with Gasteiger partial charge in [-0.3, -0.25) is 14.9 Å². The summed E-state index contributed by atoms with van der Waals surface area (Å²) in [5.74, 6) is -1.41. The third-order valence-electron chi connectivity index (χ3n) is 9.70. The predicted octanol–water partition coefficient (Wildman–Crippen LogP) is 6.16. The van der Waals surface area contributed by atoms with Gasteiger partial charge in [0.05, 0.1) is 41.0 Å². The number of nitrogen functional groups attached to an aromatic ring is 1. The summed E-state index contributed by atoms with van der Waals surface area (Å²) in [6.45, 7) is 7.41. The Morgan fingerprint density at radius 1 is 1.18 bits per heavy atom. The van der Waals surface area contributed by atoms with E-state index in [-0.39, 0.29) is 36.5 Å². The van der Waals surface area contributed by atoms with E-state index in [4.69, 9.17) is 47.9 Å². The van der Waals surface area contributed by atoms with Gasteiger partial charge in [0.15, 0.2) is 0 Å². The number of epoxide rings is 1. The summed E-state index contributed by atoms with van der Waals surface area (Å²) in [4.78, 5) is 41.6. The number of nitrogens with zero attached hydrogens (tertiary/aromatic N) is 1. The lowest BCUT2D eigenvalue weighted by atomic mass is 9.78. The monoisotopic (exact) mass is 715 g/mol. The molecule has 2 amide bonds. The highest BCUT2D eigenvalue weighted by atomic mass is 35.5. The number of aliphatic hydroxyl groups is 1. The number of aryl methyl sites for hydroxylation is 1. The van der Waals surface area contributed by atoms with Gasteiger partial charge in [0.1, 0.15) is 29.5 Å². The molecular weight excluding hydrogens is 673 g/mol. The molecule has 0 aliphatic carbocycles. The molecule has 11 nitrogen and oxygen atoms in total. The lowest BCUT2D eigenvalue weighted by molar-refractivity contribution is -0.187. The second-order valence-electron chi connectivity index (χ2n) is 13.5. The molecule has 4 N–H and O–H groups in total. The summed E-state index contributed by atoms with van der Waals surface area (Å²) in [7, 11) is 3.10. The fraction of sp³-hybridized carbons (Fsp3) is 0.472. The van der Waals surface area contributed by atoms with Crippen molar-refractivity contribution in [3.63, 3.8) is 0 Å². The van der Waals surface area contributed by atoms with E-state index < -0.39 is 53.6 Å². The Labute approximate surface area is 296 Å². The van der Waals surface area contributed by atoms with Crippen molar-refractivity contribution in [2.75, 3.05) is 30.1 Å². The fourth-order valence-electron chi connectivity index (χ4n) is 6.81. The summed E-state index contributed by atoms with van der Waals surface area (Å²) in [5, 5.41) is 15.2. The van der Waals surface area contributed by atoms with Crippen molar-refractivity contribution >= 4 is 58.2 Å². The SMILES string of the molecule is CO[C@@H]1/C=C/C=C(\C)Cc2cc(C)c(Cl)c(c2)N(C)C(=O)C[C@H](OC(=O)Nc2ccc(Cl)cc2N)[C@]2(C)O[C@H]2[C@H](C)[C@@H]2C[C@@]1(O)CC(=O)O2. The van der Waals surface area contributed by atoms with Gasteiger partial charge in [0.2, 0.25) is 5.91 Å². The Balaban J connectivity index is 1.53. The third-order valence-corrected chi connectivity index (χ3v) is 10.4. The minimum absolute atomic E-state index is 0.0779. The number of carbonyl (C=O) groups excluding carboxylic acids is 3. The van der Waals surface area contributed by atoms with Crippen molar-refractivity contribution in [2.45, 2.75) is 89.0 Å². The van der Waals surface area contributed by atoms with E-state index in [1.807, 2.05) is 39.0 Å². The summed E-state index contributed by atoms with van der Waals surface area (Å²) < 4.78 is 23.6. The first-order valence-electron chi connectivity index (χ1n) is 16.1. The lowest BCUT2D eigenvalue weighted by Crippen LogP contribution is -2.53. The molecule has 2 aromatic carbocycles. The van der Waals surface area contributed by atoms with Crippen molar-refractivity contribution in [3.8, 4) is 0 Å². The molecule has 0 saturated carbocycles. The molecule has 264 valence electrons. The molecule has 3 heterocycles. The van der Waals surface area contributed by atoms with Crippen LogP contribution in [-0.4, -0.2) is 72.9 Å². The number of amides is 2. The molecule has 4 bridgehead atoms. The van der Waals surface area contributed by atoms with Gasteiger partial charge >= 0.3 is 12.1 Å². The smallest absolute Gasteiger partial charge is 0.412 e. The lowest BCUT2D eigenvalue weighted by Gasteiger charge is -2.41. The normalized spacial score (nSPS) is 32.3. The first-order chi connectivity index (χ1) is 23.0. The summed E-state index contributed by atoms with van der Waals surface area (Å²) in [5.41, 5.74) is 7.06. The van der Waals surface area contributed by atoms with Gasteiger partial charge < -0.3 is 34.7 Å². The van der Waals surface area contributed by atoms with Crippen LogP contribution < -0.4 is 16.0 Å². The maximum atomic E-state index is 14.0. The zero-order valence-electron chi connectivity index (χ0n) is 28.4. The van der Waals surface area contributed by atoms with Crippen molar-refractivity contribution in [1.82, 2.24) is 0 Å². The van der Waals surface area contributed by atoms with E-state index in [1.165, 1.54) is 18.1 Å². The van der Waals surface area contributed by atoms with Crippen LogP contribution in [0.2, 0.25) is 10.0 Å². The number of methoxy groups -OCH3 is 1. The minimum atomic E-state index is -1.55. The highest BCUT2D eigenvalue weighted by Gasteiger charge is 2.64. The molecule has 7 atom stereocenters. The average molecular weight is 717 g/mol. The van der Waals surface area contributed by atoms with Crippen LogP contribution in [0.3, 0.4) is 0 Å². The van der Waals surface area contributed by atoms with Crippen LogP contribution in [0.15, 0.2) is 54.1 Å². The molecule has 2 fully saturated rings. The number of hydrogen-bond acceptors (Lipinski definition) is 9. The number of hydrogen-bond donors (Lipinski definition) is 3. The molecular formula is C36H43Cl2N3O8. The van der Waals surface area contributed by atoms with E-state index in [9.17, 15) is 19.5 Å². The van der Waals surface area contributed by atoms with Gasteiger partial charge in [-0.1, -0.05) is 60.0 Å². The van der Waals surface area contributed by atoms with Gasteiger partial charge in [-0.15, -0.1) is 0 Å². The number of benzene rings is 2. The summed E-state index contributed by atoms with van der Waals surface area (Å²) in [6, 6.07) is 8.43. The molecule has 5 rings (SSSR count). The standard InChI is InChI=1S/C36H43Cl2N3O8/c1-19-8-7-9-28(46-6)36(45)17-27(47-31(43)18-36)21(3)33-35(4,49-33)29(48-34(44)40-25-11-10-23(37)15-24(25)39)16-30(42)41(5)26-14-22(12-19)13-20(2)32(26)38/h7-11,13-15,21,27-29,33,45H,12,16-18,39H2,1-6H3,(H,40,44)/b9-7+,19-8+/t21-,27+,28-,29+,33+,35+,36-/m1/s1. The number of nitrogens with two attached hydrogens (primary N) is 1. The fourth-order valence-corrected chi connectivity index (χ4v) is 7.23. The molecule has 49 heavy (non-hydrogen) atoms. The zero-order chi connectivity index (χ0) is 35.8. The number of allylic oxidation sites excluding steroid dienone is 3. The van der Waals surface area contributed by atoms with Crippen LogP contribution in [0.1, 0.15) is 51.2 Å². The first kappa shape index (κ1) is 36.7. The molecule has 2 aromatic rings. The number of rotatable bonds is 3. The molecule has 3 aliphatic heterocycles. The molecule has 0 aromatic heterocycles. The summed E-state index contributed by atoms with van der Waals surface area (Å²) in [6.07, 6.45) is 1.45. The highest BCUT2D eigenvalue weighted by molar-refractivity contribution is 6.34. The Kier molecular flexibility index (Phi) is 10.7. The molecule has 0 radical (unpaired) electrons. The van der Waals surface area contributed by atoms with Crippen molar-refractivity contribution in [2.24, 2.45) is 5.92 Å². The van der Waals surface area contributed by atoms with Crippen LogP contribution in [0.4, 0.5) is 21.9 Å². The number of nitrogens with one attached hydrogen (secondary N) is 1. The Morgan fingerprint density at radius 2 is 1.92 bits per heavy atom. The second kappa shape index (κ2) is 14.3. The maximum absolute atomic E-state index is 14.0. The number of carbonyl (C=O) groups is 3. The van der Waals surface area contributed by atoms with Crippen molar-refractivity contribution < 1.29 is 38.4 Å². The van der Waals surface area contributed by atoms with Gasteiger partial charge in [0.25, 0.3) is 0 Å². The van der Waals surface area contributed by atoms with Crippen LogP contribution in [0.25, 0.3) is 0 Å². The molecule has 0 spiro atoms. The van der Waals surface area contributed by atoms with E-state index in [2.05, 4.69) is 5.32 Å². The Bertz CT molecular complexity index is 1700. The van der Waals surface area contributed by atoms with Gasteiger partial charge in [-0.2, -0.15) is 0 Å².